The number of hydrogen-bond acceptors (Lipinski definition) is 3. The van der Waals surface area contributed by atoms with Gasteiger partial charge in [0.05, 0.1) is 0 Å². The van der Waals surface area contributed by atoms with Gasteiger partial charge in [0.2, 0.25) is 0 Å². The van der Waals surface area contributed by atoms with Crippen molar-refractivity contribution in [3.63, 3.8) is 0 Å². The molecular weight excluding hydrogens is 420 g/mol. The highest BCUT2D eigenvalue weighted by Gasteiger charge is 2.25. The minimum atomic E-state index is 0.571. The zero-order valence-corrected chi connectivity index (χ0v) is 21.2. The average Bonchev–Trinajstić information content (AvgIpc) is 2.82. The highest BCUT2D eigenvalue weighted by molar-refractivity contribution is 8.03. The number of hydrogen-bond donors (Lipinski definition) is 0. The molecule has 2 nitrogen and oxygen atoms in total. The number of benzene rings is 2. The second-order valence-corrected chi connectivity index (χ2v) is 10.6. The van der Waals surface area contributed by atoms with E-state index < -0.39 is 0 Å². The maximum absolute atomic E-state index is 4.43. The molecule has 0 atom stereocenters. The summed E-state index contributed by atoms with van der Waals surface area (Å²) < 4.78 is 0. The van der Waals surface area contributed by atoms with E-state index in [1.54, 1.807) is 11.8 Å². The first-order chi connectivity index (χ1) is 15.9. The normalized spacial score (nSPS) is 22.0. The largest absolute Gasteiger partial charge is 0.344 e. The van der Waals surface area contributed by atoms with E-state index in [0.717, 1.165) is 4.91 Å². The molecule has 0 N–H and O–H groups in total. The minimum Gasteiger partial charge on any atom is -0.344 e. The summed E-state index contributed by atoms with van der Waals surface area (Å²) in [6.07, 6.45) is 14.2. The molecule has 2 aromatic carbocycles. The topological polar surface area (TPSA) is 6.48 Å². The van der Waals surface area contributed by atoms with E-state index in [1.165, 1.54) is 58.7 Å². The molecule has 1 aliphatic carbocycles. The van der Waals surface area contributed by atoms with Gasteiger partial charge in [-0.15, -0.1) is 0 Å². The number of thioether (sulfide) groups is 1. The highest BCUT2D eigenvalue weighted by atomic mass is 32.2. The third kappa shape index (κ3) is 5.72. The highest BCUT2D eigenvalue weighted by Crippen LogP contribution is 2.37. The standard InChI is InChI=1S/C30H36N2S/c1-22-10-6-9-13-30(22)33-23(2)20-26(24-14-17-27(18-15-24)31(3)4)21-28-19-16-25-11-7-8-12-29(25)32(28)5/h6-13,16,19-21,24,27H,2,14-15,17-18H2,1,3-5H3/b26-20-,28-21+. The van der Waals surface area contributed by atoms with Crippen molar-refractivity contribution < 1.29 is 0 Å². The Kier molecular flexibility index (Phi) is 7.62. The van der Waals surface area contributed by atoms with Gasteiger partial charge in [-0.2, -0.15) is 0 Å². The van der Waals surface area contributed by atoms with E-state index in [9.17, 15) is 0 Å². The lowest BCUT2D eigenvalue weighted by atomic mass is 9.80. The number of aryl methyl sites for hydroxylation is 1. The third-order valence-electron chi connectivity index (χ3n) is 6.99. The van der Waals surface area contributed by atoms with E-state index >= 15 is 0 Å². The lowest BCUT2D eigenvalue weighted by Gasteiger charge is -2.34. The molecule has 33 heavy (non-hydrogen) atoms. The van der Waals surface area contributed by atoms with Gasteiger partial charge in [-0.1, -0.05) is 60.8 Å². The molecule has 1 saturated carbocycles. The minimum absolute atomic E-state index is 0.571. The van der Waals surface area contributed by atoms with Crippen LogP contribution in [0.3, 0.4) is 0 Å². The molecule has 0 bridgehead atoms. The molecule has 1 heterocycles. The van der Waals surface area contributed by atoms with Gasteiger partial charge in [-0.25, -0.2) is 0 Å². The monoisotopic (exact) mass is 456 g/mol. The second kappa shape index (κ2) is 10.6. The zero-order chi connectivity index (χ0) is 23.4. The summed E-state index contributed by atoms with van der Waals surface area (Å²) in [6, 6.07) is 17.9. The molecule has 0 aromatic heterocycles. The smallest absolute Gasteiger partial charge is 0.0481 e. The Bertz CT molecular complexity index is 1080. The lowest BCUT2D eigenvalue weighted by molar-refractivity contribution is 0.207. The molecule has 0 saturated heterocycles. The molecule has 2 aromatic rings. The Morgan fingerprint density at radius 1 is 1.00 bits per heavy atom. The number of para-hydroxylation sites is 1. The van der Waals surface area contributed by atoms with Crippen molar-refractivity contribution in [3.05, 3.63) is 101 Å². The molecular formula is C30H36N2S. The van der Waals surface area contributed by atoms with Crippen molar-refractivity contribution in [3.8, 4) is 0 Å². The summed E-state index contributed by atoms with van der Waals surface area (Å²) in [5, 5.41) is 0. The van der Waals surface area contributed by atoms with Crippen molar-refractivity contribution in [1.29, 1.82) is 0 Å². The Morgan fingerprint density at radius 2 is 1.70 bits per heavy atom. The van der Waals surface area contributed by atoms with Crippen molar-refractivity contribution in [2.24, 2.45) is 5.92 Å². The van der Waals surface area contributed by atoms with E-state index in [2.05, 4.69) is 117 Å². The molecule has 0 radical (unpaired) electrons. The van der Waals surface area contributed by atoms with E-state index in [0.29, 0.717) is 12.0 Å². The van der Waals surface area contributed by atoms with Gasteiger partial charge in [0.15, 0.2) is 0 Å². The number of allylic oxidation sites excluding steroid dienone is 4. The van der Waals surface area contributed by atoms with Crippen LogP contribution in [0.4, 0.5) is 5.69 Å². The molecule has 2 aliphatic rings. The fraction of sp³-hybridized carbons (Fsp3) is 0.333. The fourth-order valence-corrected chi connectivity index (χ4v) is 5.76. The van der Waals surface area contributed by atoms with Gasteiger partial charge in [0, 0.05) is 34.3 Å². The Labute approximate surface area is 204 Å². The summed E-state index contributed by atoms with van der Waals surface area (Å²) in [5.41, 5.74) is 6.48. The Morgan fingerprint density at radius 3 is 2.42 bits per heavy atom. The summed E-state index contributed by atoms with van der Waals surface area (Å²) in [6.45, 7) is 6.61. The first-order valence-electron chi connectivity index (χ1n) is 12.0. The van der Waals surface area contributed by atoms with Crippen LogP contribution < -0.4 is 4.90 Å². The molecule has 3 heteroatoms. The van der Waals surface area contributed by atoms with Crippen molar-refractivity contribution in [2.45, 2.75) is 43.5 Å². The SMILES string of the molecule is C=C(/C=C(/C=C1\C=Cc2ccccc2N1C)C1CCC(N(C)C)CC1)Sc1ccccc1C. The first-order valence-corrected chi connectivity index (χ1v) is 12.8. The van der Waals surface area contributed by atoms with Crippen LogP contribution >= 0.6 is 11.8 Å². The van der Waals surface area contributed by atoms with Gasteiger partial charge in [-0.3, -0.25) is 0 Å². The molecule has 1 aliphatic heterocycles. The number of rotatable bonds is 6. The van der Waals surface area contributed by atoms with E-state index in [1.807, 2.05) is 0 Å². The number of nitrogens with zero attached hydrogens (tertiary/aromatic N) is 2. The Balaban J connectivity index is 1.62. The summed E-state index contributed by atoms with van der Waals surface area (Å²) in [7, 11) is 6.60. The van der Waals surface area contributed by atoms with Crippen molar-refractivity contribution in [1.82, 2.24) is 4.90 Å². The lowest BCUT2D eigenvalue weighted by Crippen LogP contribution is -2.32. The predicted octanol–water partition coefficient (Wildman–Crippen LogP) is 7.69. The number of likely N-dealkylation sites (N-methyl/N-ethyl adjacent to an activating group) is 1. The van der Waals surface area contributed by atoms with Gasteiger partial charge >= 0.3 is 0 Å². The number of anilines is 1. The molecule has 4 rings (SSSR count). The number of fused-ring (bicyclic) bond motifs is 1. The van der Waals surface area contributed by atoms with E-state index in [-0.39, 0.29) is 0 Å². The average molecular weight is 457 g/mol. The quantitative estimate of drug-likeness (QED) is 0.325. The summed E-state index contributed by atoms with van der Waals surface area (Å²) in [4.78, 5) is 7.09. The molecule has 0 unspecified atom stereocenters. The Hall–Kier alpha value is -2.49. The second-order valence-electron chi connectivity index (χ2n) is 9.47. The van der Waals surface area contributed by atoms with E-state index in [4.69, 9.17) is 0 Å². The first kappa shape index (κ1) is 23.7. The van der Waals surface area contributed by atoms with Crippen LogP contribution in [0, 0.1) is 12.8 Å². The van der Waals surface area contributed by atoms with Crippen molar-refractivity contribution in [2.75, 3.05) is 26.0 Å². The molecule has 0 amide bonds. The maximum atomic E-state index is 4.43. The van der Waals surface area contributed by atoms with Gasteiger partial charge in [0.1, 0.15) is 0 Å². The third-order valence-corrected chi connectivity index (χ3v) is 8.05. The molecule has 0 spiro atoms. The molecule has 172 valence electrons. The van der Waals surface area contributed by atoms with Crippen LogP contribution in [0.2, 0.25) is 0 Å². The summed E-state index contributed by atoms with van der Waals surface area (Å²) >= 11 is 1.78. The van der Waals surface area contributed by atoms with Crippen molar-refractivity contribution >= 4 is 23.5 Å². The van der Waals surface area contributed by atoms with Crippen LogP contribution in [0.5, 0.6) is 0 Å². The molecule has 1 fully saturated rings. The zero-order valence-electron chi connectivity index (χ0n) is 20.4. The van der Waals surface area contributed by atoms with Gasteiger partial charge in [0.25, 0.3) is 0 Å². The maximum Gasteiger partial charge on any atom is 0.0481 e. The van der Waals surface area contributed by atoms with Gasteiger partial charge < -0.3 is 9.80 Å². The van der Waals surface area contributed by atoms with Crippen LogP contribution in [-0.2, 0) is 0 Å². The van der Waals surface area contributed by atoms with Crippen LogP contribution in [0.15, 0.2) is 94.4 Å². The van der Waals surface area contributed by atoms with Crippen LogP contribution in [0.1, 0.15) is 36.8 Å². The predicted molar refractivity (Wildman–Crippen MR) is 146 cm³/mol. The summed E-state index contributed by atoms with van der Waals surface area (Å²) in [5.74, 6) is 0.571. The fourth-order valence-electron chi connectivity index (χ4n) is 4.91. The van der Waals surface area contributed by atoms with Crippen LogP contribution in [-0.4, -0.2) is 32.1 Å². The van der Waals surface area contributed by atoms with Gasteiger partial charge in [-0.05, 0) is 99.7 Å². The van der Waals surface area contributed by atoms with Crippen LogP contribution in [0.25, 0.3) is 6.08 Å².